The molecule has 6 heteroatoms. The molecule has 1 unspecified atom stereocenters. The SMILES string of the molecule is CCC1C(=O)N(CC#CCN2CCN(c3cccc(Cl)c3)CC2)c2ccccc21.Cl. The summed E-state index contributed by atoms with van der Waals surface area (Å²) in [6.07, 6.45) is 0.830. The number of carbonyl (C=O) groups is 1. The van der Waals surface area contributed by atoms with E-state index in [2.05, 4.69) is 40.7 Å². The number of nitrogens with zero attached hydrogens (tertiary/aromatic N) is 3. The van der Waals surface area contributed by atoms with Crippen molar-refractivity contribution in [3.8, 4) is 11.8 Å². The second kappa shape index (κ2) is 10.2. The van der Waals surface area contributed by atoms with E-state index in [9.17, 15) is 4.79 Å². The van der Waals surface area contributed by atoms with Crippen molar-refractivity contribution in [3.63, 3.8) is 0 Å². The van der Waals surface area contributed by atoms with Crippen LogP contribution in [-0.4, -0.2) is 50.1 Å². The van der Waals surface area contributed by atoms with E-state index in [1.807, 2.05) is 41.3 Å². The van der Waals surface area contributed by atoms with Crippen molar-refractivity contribution in [2.75, 3.05) is 49.1 Å². The highest BCUT2D eigenvalue weighted by atomic mass is 35.5. The molecule has 2 aromatic rings. The van der Waals surface area contributed by atoms with Gasteiger partial charge in [-0.3, -0.25) is 14.6 Å². The van der Waals surface area contributed by atoms with Crippen LogP contribution in [0.3, 0.4) is 0 Å². The lowest BCUT2D eigenvalue weighted by molar-refractivity contribution is -0.119. The van der Waals surface area contributed by atoms with E-state index in [1.165, 1.54) is 5.69 Å². The lowest BCUT2D eigenvalue weighted by atomic mass is 9.98. The highest BCUT2D eigenvalue weighted by Crippen LogP contribution is 2.38. The standard InChI is InChI=1S/C24H26ClN3O.ClH/c1-2-21-22-10-3-4-11-23(22)28(24(21)29)13-6-5-12-26-14-16-27(17-15-26)20-9-7-8-19(25)18-20;/h3-4,7-11,18,21H,2,12-17H2,1H3;1H. The molecule has 2 aliphatic heterocycles. The molecule has 4 rings (SSSR count). The minimum Gasteiger partial charge on any atom is -0.369 e. The van der Waals surface area contributed by atoms with Crippen molar-refractivity contribution in [1.29, 1.82) is 0 Å². The summed E-state index contributed by atoms with van der Waals surface area (Å²) in [5, 5.41) is 0.777. The van der Waals surface area contributed by atoms with Crippen molar-refractivity contribution in [2.24, 2.45) is 0 Å². The van der Waals surface area contributed by atoms with Crippen molar-refractivity contribution >= 4 is 41.3 Å². The Morgan fingerprint density at radius 2 is 1.73 bits per heavy atom. The van der Waals surface area contributed by atoms with Gasteiger partial charge in [-0.2, -0.15) is 0 Å². The molecule has 1 saturated heterocycles. The second-order valence-corrected chi connectivity index (χ2v) is 7.98. The third kappa shape index (κ3) is 4.75. The van der Waals surface area contributed by atoms with Gasteiger partial charge in [0.15, 0.2) is 0 Å². The van der Waals surface area contributed by atoms with Gasteiger partial charge in [0.2, 0.25) is 5.91 Å². The van der Waals surface area contributed by atoms with Gasteiger partial charge in [0.25, 0.3) is 0 Å². The predicted molar refractivity (Wildman–Crippen MR) is 127 cm³/mol. The topological polar surface area (TPSA) is 26.8 Å². The number of amides is 1. The summed E-state index contributed by atoms with van der Waals surface area (Å²) < 4.78 is 0. The van der Waals surface area contributed by atoms with Crippen molar-refractivity contribution in [3.05, 3.63) is 59.1 Å². The maximum absolute atomic E-state index is 12.7. The van der Waals surface area contributed by atoms with Crippen LogP contribution in [0.25, 0.3) is 0 Å². The zero-order valence-corrected chi connectivity index (χ0v) is 18.8. The summed E-state index contributed by atoms with van der Waals surface area (Å²) in [5.41, 5.74) is 3.34. The van der Waals surface area contributed by atoms with E-state index in [0.717, 1.165) is 55.4 Å². The molecule has 0 aliphatic carbocycles. The first-order chi connectivity index (χ1) is 14.2. The van der Waals surface area contributed by atoms with Crippen LogP contribution < -0.4 is 9.80 Å². The fourth-order valence-corrected chi connectivity index (χ4v) is 4.35. The predicted octanol–water partition coefficient (Wildman–Crippen LogP) is 4.43. The summed E-state index contributed by atoms with van der Waals surface area (Å²) in [4.78, 5) is 19.3. The summed E-state index contributed by atoms with van der Waals surface area (Å²) in [5.74, 6) is 6.65. The number of fused-ring (bicyclic) bond motifs is 1. The van der Waals surface area contributed by atoms with Gasteiger partial charge in [-0.25, -0.2) is 0 Å². The van der Waals surface area contributed by atoms with Gasteiger partial charge in [0, 0.05) is 42.6 Å². The van der Waals surface area contributed by atoms with Crippen molar-refractivity contribution in [2.45, 2.75) is 19.3 Å². The van der Waals surface area contributed by atoms with Crippen LogP contribution >= 0.6 is 24.0 Å². The molecular weight excluding hydrogens is 417 g/mol. The third-order valence-corrected chi connectivity index (χ3v) is 6.02. The summed E-state index contributed by atoms with van der Waals surface area (Å²) in [6.45, 7) is 7.17. The van der Waals surface area contributed by atoms with E-state index < -0.39 is 0 Å². The lowest BCUT2D eigenvalue weighted by Gasteiger charge is -2.35. The number of rotatable bonds is 4. The summed E-state index contributed by atoms with van der Waals surface area (Å²) in [7, 11) is 0. The first-order valence-corrected chi connectivity index (χ1v) is 10.6. The van der Waals surface area contributed by atoms with E-state index in [0.29, 0.717) is 6.54 Å². The first-order valence-electron chi connectivity index (χ1n) is 10.3. The molecule has 0 N–H and O–H groups in total. The monoisotopic (exact) mass is 443 g/mol. The molecular formula is C24H27Cl2N3O. The third-order valence-electron chi connectivity index (χ3n) is 5.79. The molecule has 4 nitrogen and oxygen atoms in total. The Balaban J connectivity index is 0.00000256. The fourth-order valence-electron chi connectivity index (χ4n) is 4.17. The number of para-hydroxylation sites is 1. The number of benzene rings is 2. The molecule has 158 valence electrons. The number of anilines is 2. The van der Waals surface area contributed by atoms with Crippen LogP contribution in [0.4, 0.5) is 11.4 Å². The molecule has 1 atom stereocenters. The van der Waals surface area contributed by atoms with Gasteiger partial charge in [-0.05, 0) is 36.2 Å². The van der Waals surface area contributed by atoms with Gasteiger partial charge in [-0.15, -0.1) is 12.4 Å². The molecule has 0 saturated carbocycles. The Morgan fingerprint density at radius 1 is 1.00 bits per heavy atom. The van der Waals surface area contributed by atoms with Crippen LogP contribution in [0.2, 0.25) is 5.02 Å². The molecule has 0 bridgehead atoms. The van der Waals surface area contributed by atoms with Crippen LogP contribution in [-0.2, 0) is 4.79 Å². The lowest BCUT2D eigenvalue weighted by Crippen LogP contribution is -2.46. The number of carbonyl (C=O) groups excluding carboxylic acids is 1. The molecule has 2 aliphatic rings. The highest BCUT2D eigenvalue weighted by molar-refractivity contribution is 6.30. The normalized spacial score (nSPS) is 18.5. The van der Waals surface area contributed by atoms with Crippen molar-refractivity contribution < 1.29 is 4.79 Å². The molecule has 0 radical (unpaired) electrons. The van der Waals surface area contributed by atoms with E-state index in [-0.39, 0.29) is 24.2 Å². The average Bonchev–Trinajstić information content (AvgIpc) is 3.02. The molecule has 30 heavy (non-hydrogen) atoms. The van der Waals surface area contributed by atoms with Crippen LogP contribution in [0, 0.1) is 11.8 Å². The Hall–Kier alpha value is -2.19. The van der Waals surface area contributed by atoms with E-state index in [4.69, 9.17) is 11.6 Å². The molecule has 2 heterocycles. The number of halogens is 2. The molecule has 0 aromatic heterocycles. The first kappa shape index (κ1) is 22.5. The Morgan fingerprint density at radius 3 is 2.47 bits per heavy atom. The van der Waals surface area contributed by atoms with Gasteiger partial charge < -0.3 is 4.90 Å². The van der Waals surface area contributed by atoms with Gasteiger partial charge in [-0.1, -0.05) is 54.6 Å². The molecule has 1 fully saturated rings. The number of hydrogen-bond donors (Lipinski definition) is 0. The van der Waals surface area contributed by atoms with Crippen LogP contribution in [0.15, 0.2) is 48.5 Å². The zero-order chi connectivity index (χ0) is 20.2. The number of piperazine rings is 1. The van der Waals surface area contributed by atoms with Gasteiger partial charge in [0.1, 0.15) is 0 Å². The second-order valence-electron chi connectivity index (χ2n) is 7.54. The molecule has 2 aromatic carbocycles. The molecule has 1 amide bonds. The maximum atomic E-state index is 12.7. The van der Waals surface area contributed by atoms with Crippen LogP contribution in [0.1, 0.15) is 24.8 Å². The fraction of sp³-hybridized carbons (Fsp3) is 0.375. The summed E-state index contributed by atoms with van der Waals surface area (Å²) in [6, 6.07) is 16.1. The smallest absolute Gasteiger partial charge is 0.235 e. The van der Waals surface area contributed by atoms with Gasteiger partial charge >= 0.3 is 0 Å². The van der Waals surface area contributed by atoms with Crippen LogP contribution in [0.5, 0.6) is 0 Å². The van der Waals surface area contributed by atoms with Gasteiger partial charge in [0.05, 0.1) is 19.0 Å². The van der Waals surface area contributed by atoms with Crippen molar-refractivity contribution in [1.82, 2.24) is 4.90 Å². The largest absolute Gasteiger partial charge is 0.369 e. The average molecular weight is 444 g/mol. The summed E-state index contributed by atoms with van der Waals surface area (Å²) >= 11 is 6.11. The minimum absolute atomic E-state index is 0. The Labute approximate surface area is 190 Å². The Kier molecular flexibility index (Phi) is 7.66. The Bertz CT molecular complexity index is 945. The highest BCUT2D eigenvalue weighted by Gasteiger charge is 2.35. The number of hydrogen-bond acceptors (Lipinski definition) is 3. The zero-order valence-electron chi connectivity index (χ0n) is 17.2. The van der Waals surface area contributed by atoms with E-state index >= 15 is 0 Å². The molecule has 0 spiro atoms. The maximum Gasteiger partial charge on any atom is 0.235 e. The minimum atomic E-state index is -0.0208. The van der Waals surface area contributed by atoms with E-state index in [1.54, 1.807) is 0 Å². The quantitative estimate of drug-likeness (QED) is 0.653.